The fourth-order valence-corrected chi connectivity index (χ4v) is 9.48. The molecule has 0 N–H and O–H groups in total. The van der Waals surface area contributed by atoms with E-state index in [-0.39, 0.29) is 23.5 Å². The lowest BCUT2D eigenvalue weighted by atomic mass is 10.1. The molecule has 6 heteroatoms. The Hall–Kier alpha value is -6.21. The monoisotopic (exact) mass is 691 g/mol. The van der Waals surface area contributed by atoms with E-state index in [1.165, 1.54) is 20.9 Å². The lowest BCUT2D eigenvalue weighted by Crippen LogP contribution is -2.00. The van der Waals surface area contributed by atoms with Crippen LogP contribution in [0.15, 0.2) is 158 Å². The Bertz CT molecular complexity index is 3380. The van der Waals surface area contributed by atoms with Crippen molar-refractivity contribution < 1.29 is 6.85 Å². The van der Waals surface area contributed by atoms with Crippen molar-refractivity contribution in [3.8, 4) is 39.9 Å². The van der Waals surface area contributed by atoms with Crippen molar-refractivity contribution in [3.05, 3.63) is 158 Å². The number of para-hydroxylation sites is 2. The summed E-state index contributed by atoms with van der Waals surface area (Å²) in [7, 11) is 0. The Morgan fingerprint density at radius 1 is 0.412 bits per heavy atom. The number of fused-ring (bicyclic) bond motifs is 9. The number of rotatable bonds is 4. The zero-order valence-electron chi connectivity index (χ0n) is 31.7. The van der Waals surface area contributed by atoms with Crippen LogP contribution in [0.25, 0.3) is 102 Å². The quantitative estimate of drug-likeness (QED) is 0.184. The van der Waals surface area contributed by atoms with Crippen molar-refractivity contribution in [1.82, 2.24) is 19.5 Å². The van der Waals surface area contributed by atoms with E-state index in [1.807, 2.05) is 24.3 Å². The third kappa shape index (κ3) is 4.54. The second-order valence-corrected chi connectivity index (χ2v) is 14.6. The molecule has 0 saturated carbocycles. The minimum atomic E-state index is -0.468. The molecule has 0 aliphatic rings. The summed E-state index contributed by atoms with van der Waals surface area (Å²) in [6.45, 7) is 0. The largest absolute Gasteiger partial charge is 0.309 e. The van der Waals surface area contributed by atoms with Gasteiger partial charge in [-0.3, -0.25) is 0 Å². The van der Waals surface area contributed by atoms with Crippen LogP contribution in [0.4, 0.5) is 0 Å². The predicted octanol–water partition coefficient (Wildman–Crippen LogP) is 12.7. The second-order valence-electron chi connectivity index (χ2n) is 12.5. The van der Waals surface area contributed by atoms with Gasteiger partial charge >= 0.3 is 0 Å². The fourth-order valence-electron chi connectivity index (χ4n) is 7.22. The minimum Gasteiger partial charge on any atom is -0.309 e. The lowest BCUT2D eigenvalue weighted by molar-refractivity contribution is 1.08. The van der Waals surface area contributed by atoms with Crippen LogP contribution >= 0.6 is 22.7 Å². The van der Waals surface area contributed by atoms with Crippen molar-refractivity contribution in [2.24, 2.45) is 0 Å². The van der Waals surface area contributed by atoms with Gasteiger partial charge in [-0.2, -0.15) is 0 Å². The van der Waals surface area contributed by atoms with E-state index >= 15 is 0 Å². The molecule has 0 spiro atoms. The molecule has 4 aromatic heterocycles. The Kier molecular flexibility index (Phi) is 5.25. The lowest BCUT2D eigenvalue weighted by Gasteiger charge is -2.09. The van der Waals surface area contributed by atoms with Gasteiger partial charge in [0.25, 0.3) is 0 Å². The third-order valence-electron chi connectivity index (χ3n) is 9.55. The Balaban J connectivity index is 1.09. The normalized spacial score (nSPS) is 13.3. The summed E-state index contributed by atoms with van der Waals surface area (Å²) in [6.07, 6.45) is 0. The molecule has 11 rings (SSSR count). The molecule has 51 heavy (non-hydrogen) atoms. The number of hydrogen-bond donors (Lipinski definition) is 0. The SMILES string of the molecule is [2H]c1c([2H])c([2H])c(-c2nc(-c3ccc4c(c3)sc3ccccc34)nc(-c3ccc4sc5cc(-n6c7ccccc7c7ccccc76)ccc5c4c3)n2)c([2H])c1[2H]. The predicted molar refractivity (Wildman–Crippen MR) is 216 cm³/mol. The maximum atomic E-state index is 8.76. The second kappa shape index (κ2) is 11.2. The first kappa shape index (κ1) is 24.0. The van der Waals surface area contributed by atoms with E-state index < -0.39 is 18.1 Å². The van der Waals surface area contributed by atoms with Gasteiger partial charge in [-0.1, -0.05) is 103 Å². The van der Waals surface area contributed by atoms with E-state index in [4.69, 9.17) is 21.8 Å². The first-order valence-corrected chi connectivity index (χ1v) is 18.2. The van der Waals surface area contributed by atoms with Crippen molar-refractivity contribution in [2.45, 2.75) is 0 Å². The first-order chi connectivity index (χ1) is 27.3. The van der Waals surface area contributed by atoms with Crippen LogP contribution < -0.4 is 0 Å². The molecule has 238 valence electrons. The fraction of sp³-hybridized carbons (Fsp3) is 0. The highest BCUT2D eigenvalue weighted by molar-refractivity contribution is 7.26. The molecule has 0 amide bonds. The number of aromatic nitrogens is 4. The summed E-state index contributed by atoms with van der Waals surface area (Å²) >= 11 is 3.41. The smallest absolute Gasteiger partial charge is 0.164 e. The van der Waals surface area contributed by atoms with Gasteiger partial charge in [0.05, 0.1) is 17.9 Å². The topological polar surface area (TPSA) is 43.6 Å². The molecular formula is C45H26N4S2. The van der Waals surface area contributed by atoms with Crippen LogP contribution in [0.2, 0.25) is 0 Å². The Morgan fingerprint density at radius 3 is 1.69 bits per heavy atom. The summed E-state index contributed by atoms with van der Waals surface area (Å²) in [5.74, 6) is 0.711. The molecule has 11 aromatic rings. The van der Waals surface area contributed by atoms with Gasteiger partial charge in [0, 0.05) is 73.5 Å². The average molecular weight is 692 g/mol. The molecule has 0 aliphatic heterocycles. The van der Waals surface area contributed by atoms with E-state index in [2.05, 4.69) is 108 Å². The van der Waals surface area contributed by atoms with E-state index in [9.17, 15) is 0 Å². The zero-order valence-corrected chi connectivity index (χ0v) is 28.4. The third-order valence-corrected chi connectivity index (χ3v) is 11.8. The number of benzene rings is 7. The molecule has 7 aromatic carbocycles. The highest BCUT2D eigenvalue weighted by Crippen LogP contribution is 2.40. The first-order valence-electron chi connectivity index (χ1n) is 19.0. The van der Waals surface area contributed by atoms with Gasteiger partial charge in [-0.15, -0.1) is 22.7 Å². The van der Waals surface area contributed by atoms with Crippen molar-refractivity contribution in [3.63, 3.8) is 0 Å². The van der Waals surface area contributed by atoms with Gasteiger partial charge in [-0.05, 0) is 54.6 Å². The maximum absolute atomic E-state index is 8.76. The van der Waals surface area contributed by atoms with Gasteiger partial charge in [0.2, 0.25) is 0 Å². The number of hydrogen-bond acceptors (Lipinski definition) is 5. The van der Waals surface area contributed by atoms with E-state index in [1.54, 1.807) is 22.7 Å². The highest BCUT2D eigenvalue weighted by atomic mass is 32.1. The van der Waals surface area contributed by atoms with Crippen LogP contribution in [0.3, 0.4) is 0 Å². The molecule has 0 bridgehead atoms. The minimum absolute atomic E-state index is 0.0181. The maximum Gasteiger partial charge on any atom is 0.164 e. The van der Waals surface area contributed by atoms with Gasteiger partial charge in [-0.25, -0.2) is 15.0 Å². The van der Waals surface area contributed by atoms with Crippen molar-refractivity contribution in [2.75, 3.05) is 0 Å². The van der Waals surface area contributed by atoms with Crippen LogP contribution in [-0.4, -0.2) is 19.5 Å². The van der Waals surface area contributed by atoms with Gasteiger partial charge < -0.3 is 4.57 Å². The van der Waals surface area contributed by atoms with Crippen molar-refractivity contribution >= 4 is 84.8 Å². The average Bonchev–Trinajstić information content (AvgIpc) is 3.90. The van der Waals surface area contributed by atoms with Crippen molar-refractivity contribution in [1.29, 1.82) is 0 Å². The molecular weight excluding hydrogens is 661 g/mol. The number of thiophene rings is 2. The summed E-state index contributed by atoms with van der Waals surface area (Å²) < 4.78 is 49.3. The number of nitrogens with zero attached hydrogens (tertiary/aromatic N) is 4. The molecule has 0 aliphatic carbocycles. The molecule has 0 fully saturated rings. The summed E-state index contributed by atoms with van der Waals surface area (Å²) in [5.41, 5.74) is 4.79. The van der Waals surface area contributed by atoms with Crippen LogP contribution in [0.5, 0.6) is 0 Å². The van der Waals surface area contributed by atoms with Crippen LogP contribution in [0.1, 0.15) is 6.85 Å². The highest BCUT2D eigenvalue weighted by Gasteiger charge is 2.17. The van der Waals surface area contributed by atoms with Crippen LogP contribution in [-0.2, 0) is 0 Å². The molecule has 0 saturated heterocycles. The molecule has 4 nitrogen and oxygen atoms in total. The van der Waals surface area contributed by atoms with Gasteiger partial charge in [0.1, 0.15) is 0 Å². The van der Waals surface area contributed by atoms with E-state index in [0.29, 0.717) is 11.6 Å². The zero-order chi connectivity index (χ0) is 37.8. The molecule has 4 heterocycles. The standard InChI is InChI=1S/C45H26N4S2/c1-2-10-27(11-3-1)43-46-44(48-45(47-43)29-18-21-34-33-14-6-9-17-39(33)50-41(34)25-29)28-19-23-40-36(24-28)35-22-20-30(26-42(35)51-40)49-37-15-7-4-12-31(37)32-13-5-8-16-38(32)49/h1-26H/i1D,2D,3D,10D,11D. The Morgan fingerprint density at radius 2 is 0.941 bits per heavy atom. The summed E-state index contributed by atoms with van der Waals surface area (Å²) in [6, 6.07) is 42.0. The van der Waals surface area contributed by atoms with E-state index in [0.717, 1.165) is 58.1 Å². The molecule has 0 radical (unpaired) electrons. The van der Waals surface area contributed by atoms with Gasteiger partial charge in [0.15, 0.2) is 17.5 Å². The Labute approximate surface area is 307 Å². The molecule has 0 atom stereocenters. The summed E-state index contributed by atoms with van der Waals surface area (Å²) in [5, 5.41) is 6.89. The summed E-state index contributed by atoms with van der Waals surface area (Å²) in [4.78, 5) is 14.6. The molecule has 0 unspecified atom stereocenters. The van der Waals surface area contributed by atoms with Crippen LogP contribution in [0, 0.1) is 0 Å².